The van der Waals surface area contributed by atoms with Gasteiger partial charge in [-0.1, -0.05) is 115 Å². The Bertz CT molecular complexity index is 1930. The fourth-order valence-electron chi connectivity index (χ4n) is 5.06. The van der Waals surface area contributed by atoms with Crippen LogP contribution < -0.4 is 0 Å². The molecular formula is C37H26N4. The minimum absolute atomic E-state index is 0.649. The summed E-state index contributed by atoms with van der Waals surface area (Å²) in [6.07, 6.45) is 1.95. The fraction of sp³-hybridized carbons (Fsp3) is 0.0270. The zero-order chi connectivity index (χ0) is 27.6. The number of aryl methyl sites for hydroxylation is 1. The summed E-state index contributed by atoms with van der Waals surface area (Å²) in [6, 6.07) is 45.8. The summed E-state index contributed by atoms with van der Waals surface area (Å²) >= 11 is 0. The number of benzene rings is 5. The van der Waals surface area contributed by atoms with Crippen LogP contribution >= 0.6 is 0 Å². The lowest BCUT2D eigenvalue weighted by Crippen LogP contribution is -2.00. The Balaban J connectivity index is 1.24. The van der Waals surface area contributed by atoms with Crippen molar-refractivity contribution in [2.75, 3.05) is 0 Å². The second-order valence-electron chi connectivity index (χ2n) is 10.1. The third-order valence-electron chi connectivity index (χ3n) is 7.23. The summed E-state index contributed by atoms with van der Waals surface area (Å²) < 4.78 is 0. The minimum Gasteiger partial charge on any atom is -0.261 e. The Kier molecular flexibility index (Phi) is 6.34. The van der Waals surface area contributed by atoms with E-state index in [4.69, 9.17) is 15.0 Å². The molecule has 0 saturated heterocycles. The Labute approximate surface area is 239 Å². The molecular weight excluding hydrogens is 500 g/mol. The van der Waals surface area contributed by atoms with Gasteiger partial charge in [0.05, 0.1) is 0 Å². The maximum atomic E-state index is 4.89. The van der Waals surface area contributed by atoms with Gasteiger partial charge in [-0.25, -0.2) is 15.0 Å². The quantitative estimate of drug-likeness (QED) is 0.224. The summed E-state index contributed by atoms with van der Waals surface area (Å²) in [7, 11) is 0. The number of hydrogen-bond acceptors (Lipinski definition) is 4. The predicted octanol–water partition coefficient (Wildman–Crippen LogP) is 9.06. The normalized spacial score (nSPS) is 11.0. The molecule has 2 aromatic heterocycles. The van der Waals surface area contributed by atoms with Gasteiger partial charge < -0.3 is 0 Å². The van der Waals surface area contributed by atoms with Crippen molar-refractivity contribution in [3.63, 3.8) is 0 Å². The number of fused-ring (bicyclic) bond motifs is 1. The highest BCUT2D eigenvalue weighted by molar-refractivity contribution is 5.87. The first kappa shape index (κ1) is 24.6. The SMILES string of the molecule is Cc1cc2ccc(-c3ccc(-c4cccc(-c5nc(-c6ccccc6)nc(-c6ccccc6)n5)c4)cc3)cc2cn1. The first-order valence-corrected chi connectivity index (χ1v) is 13.6. The van der Waals surface area contributed by atoms with Crippen LogP contribution in [0.25, 0.3) is 67.2 Å². The molecule has 0 aliphatic heterocycles. The third kappa shape index (κ3) is 5.11. The zero-order valence-corrected chi connectivity index (χ0v) is 22.6. The molecule has 0 aliphatic rings. The fourth-order valence-corrected chi connectivity index (χ4v) is 5.06. The molecule has 0 spiro atoms. The van der Waals surface area contributed by atoms with E-state index in [1.165, 1.54) is 16.5 Å². The molecule has 0 aliphatic carbocycles. The largest absolute Gasteiger partial charge is 0.261 e. The minimum atomic E-state index is 0.649. The number of hydrogen-bond donors (Lipinski definition) is 0. The smallest absolute Gasteiger partial charge is 0.164 e. The number of nitrogens with zero attached hydrogens (tertiary/aromatic N) is 4. The maximum absolute atomic E-state index is 4.89. The van der Waals surface area contributed by atoms with Crippen molar-refractivity contribution < 1.29 is 0 Å². The molecule has 0 amide bonds. The summed E-state index contributed by atoms with van der Waals surface area (Å²) in [5, 5.41) is 2.35. The standard InChI is InChI=1S/C37H26N4/c1-25-21-31-19-20-32(23-34(31)24-38-25)27-17-15-26(16-18-27)30-13-8-14-33(22-30)37-40-35(28-9-4-2-5-10-28)39-36(41-37)29-11-6-3-7-12-29/h2-24H,1H3. The molecule has 4 nitrogen and oxygen atoms in total. The van der Waals surface area contributed by atoms with Crippen LogP contribution in [0.3, 0.4) is 0 Å². The Morgan fingerprint density at radius 1 is 0.366 bits per heavy atom. The monoisotopic (exact) mass is 526 g/mol. The molecule has 0 N–H and O–H groups in total. The van der Waals surface area contributed by atoms with Crippen LogP contribution in [0, 0.1) is 6.92 Å². The first-order chi connectivity index (χ1) is 20.2. The lowest BCUT2D eigenvalue weighted by atomic mass is 9.98. The molecule has 7 aromatic rings. The molecule has 194 valence electrons. The predicted molar refractivity (Wildman–Crippen MR) is 167 cm³/mol. The van der Waals surface area contributed by atoms with Crippen LogP contribution in [0.1, 0.15) is 5.69 Å². The highest BCUT2D eigenvalue weighted by Crippen LogP contribution is 2.30. The van der Waals surface area contributed by atoms with Crippen LogP contribution in [0.2, 0.25) is 0 Å². The van der Waals surface area contributed by atoms with Crippen LogP contribution in [0.4, 0.5) is 0 Å². The van der Waals surface area contributed by atoms with E-state index in [2.05, 4.69) is 77.8 Å². The van der Waals surface area contributed by atoms with Gasteiger partial charge in [0, 0.05) is 34.0 Å². The van der Waals surface area contributed by atoms with Gasteiger partial charge in [0.15, 0.2) is 17.5 Å². The lowest BCUT2D eigenvalue weighted by Gasteiger charge is -2.10. The highest BCUT2D eigenvalue weighted by Gasteiger charge is 2.13. The second kappa shape index (κ2) is 10.6. The Hall–Kier alpha value is -5.48. The van der Waals surface area contributed by atoms with Gasteiger partial charge in [-0.15, -0.1) is 0 Å². The van der Waals surface area contributed by atoms with Crippen LogP contribution in [0.15, 0.2) is 140 Å². The van der Waals surface area contributed by atoms with Crippen molar-refractivity contribution in [2.45, 2.75) is 6.92 Å². The van der Waals surface area contributed by atoms with Crippen molar-refractivity contribution >= 4 is 10.8 Å². The molecule has 0 bridgehead atoms. The molecule has 0 fully saturated rings. The van der Waals surface area contributed by atoms with Crippen LogP contribution in [-0.4, -0.2) is 19.9 Å². The van der Waals surface area contributed by atoms with Crippen molar-refractivity contribution in [3.05, 3.63) is 145 Å². The van der Waals surface area contributed by atoms with E-state index in [0.29, 0.717) is 17.5 Å². The van der Waals surface area contributed by atoms with Crippen molar-refractivity contribution in [2.24, 2.45) is 0 Å². The average Bonchev–Trinajstić information content (AvgIpc) is 3.05. The summed E-state index contributed by atoms with van der Waals surface area (Å²) in [4.78, 5) is 19.1. The zero-order valence-electron chi connectivity index (χ0n) is 22.6. The number of aromatic nitrogens is 4. The molecule has 2 heterocycles. The maximum Gasteiger partial charge on any atom is 0.164 e. The summed E-state index contributed by atoms with van der Waals surface area (Å²) in [5.74, 6) is 1.96. The molecule has 41 heavy (non-hydrogen) atoms. The molecule has 7 rings (SSSR count). The van der Waals surface area contributed by atoms with Gasteiger partial charge in [-0.3, -0.25) is 4.98 Å². The molecule has 0 atom stereocenters. The second-order valence-corrected chi connectivity index (χ2v) is 10.1. The first-order valence-electron chi connectivity index (χ1n) is 13.6. The molecule has 0 radical (unpaired) electrons. The van der Waals surface area contributed by atoms with E-state index in [1.54, 1.807) is 0 Å². The molecule has 0 unspecified atom stereocenters. The van der Waals surface area contributed by atoms with E-state index < -0.39 is 0 Å². The summed E-state index contributed by atoms with van der Waals surface area (Å²) in [5.41, 5.74) is 8.48. The van der Waals surface area contributed by atoms with E-state index in [-0.39, 0.29) is 0 Å². The number of pyridine rings is 1. The van der Waals surface area contributed by atoms with Gasteiger partial charge in [-0.05, 0) is 52.8 Å². The van der Waals surface area contributed by atoms with E-state index >= 15 is 0 Å². The Morgan fingerprint density at radius 2 is 0.854 bits per heavy atom. The van der Waals surface area contributed by atoms with Crippen molar-refractivity contribution in [1.82, 2.24) is 19.9 Å². The average molecular weight is 527 g/mol. The molecule has 5 aromatic carbocycles. The van der Waals surface area contributed by atoms with Crippen LogP contribution in [-0.2, 0) is 0 Å². The van der Waals surface area contributed by atoms with E-state index in [1.807, 2.05) is 73.8 Å². The van der Waals surface area contributed by atoms with Crippen molar-refractivity contribution in [3.8, 4) is 56.4 Å². The lowest BCUT2D eigenvalue weighted by molar-refractivity contribution is 1.07. The van der Waals surface area contributed by atoms with Crippen LogP contribution in [0.5, 0.6) is 0 Å². The summed E-state index contributed by atoms with van der Waals surface area (Å²) in [6.45, 7) is 2.02. The highest BCUT2D eigenvalue weighted by atomic mass is 15.0. The van der Waals surface area contributed by atoms with Crippen molar-refractivity contribution in [1.29, 1.82) is 0 Å². The topological polar surface area (TPSA) is 51.6 Å². The Morgan fingerprint density at radius 3 is 1.46 bits per heavy atom. The number of rotatable bonds is 5. The van der Waals surface area contributed by atoms with Gasteiger partial charge in [0.1, 0.15) is 0 Å². The third-order valence-corrected chi connectivity index (χ3v) is 7.23. The van der Waals surface area contributed by atoms with E-state index in [9.17, 15) is 0 Å². The molecule has 0 saturated carbocycles. The van der Waals surface area contributed by atoms with Gasteiger partial charge >= 0.3 is 0 Å². The van der Waals surface area contributed by atoms with Gasteiger partial charge in [-0.2, -0.15) is 0 Å². The van der Waals surface area contributed by atoms with Gasteiger partial charge in [0.25, 0.3) is 0 Å². The van der Waals surface area contributed by atoms with Gasteiger partial charge in [0.2, 0.25) is 0 Å². The van der Waals surface area contributed by atoms with E-state index in [0.717, 1.165) is 38.9 Å². The molecule has 4 heteroatoms.